The molecule has 6 nitrogen and oxygen atoms in total. The van der Waals surface area contributed by atoms with E-state index in [1.165, 1.54) is 0 Å². The lowest BCUT2D eigenvalue weighted by molar-refractivity contribution is -0.142. The minimum atomic E-state index is -1.08. The van der Waals surface area contributed by atoms with Crippen molar-refractivity contribution in [2.75, 3.05) is 0 Å². The van der Waals surface area contributed by atoms with E-state index >= 15 is 0 Å². The van der Waals surface area contributed by atoms with Crippen molar-refractivity contribution >= 4 is 17.8 Å². The molecule has 2 rings (SSSR count). The molecule has 31 heavy (non-hydrogen) atoms. The predicted molar refractivity (Wildman–Crippen MR) is 120 cm³/mol. The van der Waals surface area contributed by atoms with E-state index in [4.69, 9.17) is 0 Å². The summed E-state index contributed by atoms with van der Waals surface area (Å²) in [6, 6.07) is 17.2. The van der Waals surface area contributed by atoms with Crippen LogP contribution in [0.15, 0.2) is 60.7 Å². The minimum Gasteiger partial charge on any atom is -0.480 e. The second-order valence-corrected chi connectivity index (χ2v) is 8.37. The quantitative estimate of drug-likeness (QED) is 0.516. The molecule has 0 aliphatic heterocycles. The van der Waals surface area contributed by atoms with Gasteiger partial charge in [-0.15, -0.1) is 0 Å². The Kier molecular flexibility index (Phi) is 9.25. The van der Waals surface area contributed by atoms with E-state index in [0.29, 0.717) is 12.8 Å². The maximum Gasteiger partial charge on any atom is 0.326 e. The topological polar surface area (TPSA) is 95.5 Å². The number of carbonyl (C=O) groups is 3. The average molecular weight is 425 g/mol. The fourth-order valence-electron chi connectivity index (χ4n) is 3.40. The Bertz CT molecular complexity index is 852. The van der Waals surface area contributed by atoms with Gasteiger partial charge in [-0.3, -0.25) is 9.59 Å². The van der Waals surface area contributed by atoms with Crippen LogP contribution in [0.3, 0.4) is 0 Å². The summed E-state index contributed by atoms with van der Waals surface area (Å²) in [7, 11) is 0. The SMILES string of the molecule is CC(C)C[C@@H](NC(=O)[C@@H](Cc1ccccc1)NC(=O)[C@H](C)Cc1ccccc1)C(=O)O. The lowest BCUT2D eigenvalue weighted by Gasteiger charge is -2.24. The molecule has 0 aliphatic rings. The maximum atomic E-state index is 13.0. The average Bonchev–Trinajstić information content (AvgIpc) is 2.73. The number of hydrogen-bond donors (Lipinski definition) is 3. The fraction of sp³-hybridized carbons (Fsp3) is 0.400. The van der Waals surface area contributed by atoms with Crippen molar-refractivity contribution in [3.05, 3.63) is 71.8 Å². The molecule has 2 aromatic carbocycles. The zero-order valence-electron chi connectivity index (χ0n) is 18.4. The van der Waals surface area contributed by atoms with E-state index in [2.05, 4.69) is 10.6 Å². The molecule has 0 saturated carbocycles. The largest absolute Gasteiger partial charge is 0.480 e. The van der Waals surface area contributed by atoms with Crippen molar-refractivity contribution in [3.63, 3.8) is 0 Å². The van der Waals surface area contributed by atoms with Gasteiger partial charge in [0.2, 0.25) is 11.8 Å². The Hall–Kier alpha value is -3.15. The molecule has 0 bridgehead atoms. The standard InChI is InChI=1S/C25H32N2O4/c1-17(2)14-22(25(30)31)27-24(29)21(16-20-12-8-5-9-13-20)26-23(28)18(3)15-19-10-6-4-7-11-19/h4-13,17-18,21-22H,14-16H2,1-3H3,(H,26,28)(H,27,29)(H,30,31)/t18-,21-,22-/m1/s1. The van der Waals surface area contributed by atoms with Gasteiger partial charge in [-0.1, -0.05) is 81.4 Å². The minimum absolute atomic E-state index is 0.106. The van der Waals surface area contributed by atoms with Crippen molar-refractivity contribution in [1.82, 2.24) is 10.6 Å². The summed E-state index contributed by atoms with van der Waals surface area (Å²) in [5, 5.41) is 14.9. The van der Waals surface area contributed by atoms with Crippen LogP contribution in [0.1, 0.15) is 38.3 Å². The van der Waals surface area contributed by atoms with Crippen LogP contribution in [0.5, 0.6) is 0 Å². The Morgan fingerprint density at radius 2 is 1.23 bits per heavy atom. The van der Waals surface area contributed by atoms with Gasteiger partial charge < -0.3 is 15.7 Å². The molecule has 0 fully saturated rings. The predicted octanol–water partition coefficient (Wildman–Crippen LogP) is 3.21. The Morgan fingerprint density at radius 1 is 0.742 bits per heavy atom. The Balaban J connectivity index is 2.12. The van der Waals surface area contributed by atoms with Gasteiger partial charge in [0.05, 0.1) is 0 Å². The molecule has 0 unspecified atom stereocenters. The van der Waals surface area contributed by atoms with E-state index in [0.717, 1.165) is 11.1 Å². The smallest absolute Gasteiger partial charge is 0.326 e. The van der Waals surface area contributed by atoms with Crippen molar-refractivity contribution in [2.45, 2.75) is 52.1 Å². The van der Waals surface area contributed by atoms with Gasteiger partial charge in [0.25, 0.3) is 0 Å². The first-order valence-corrected chi connectivity index (χ1v) is 10.7. The van der Waals surface area contributed by atoms with Crippen molar-refractivity contribution < 1.29 is 19.5 Å². The van der Waals surface area contributed by atoms with Crippen LogP contribution in [0, 0.1) is 11.8 Å². The monoisotopic (exact) mass is 424 g/mol. The lowest BCUT2D eigenvalue weighted by Crippen LogP contribution is -2.53. The maximum absolute atomic E-state index is 13.0. The second kappa shape index (κ2) is 11.9. The number of carboxylic acids is 1. The highest BCUT2D eigenvalue weighted by Crippen LogP contribution is 2.11. The molecule has 3 N–H and O–H groups in total. The van der Waals surface area contributed by atoms with Crippen LogP contribution in [0.4, 0.5) is 0 Å². The molecule has 2 aromatic rings. The summed E-state index contributed by atoms with van der Waals surface area (Å²) in [5.41, 5.74) is 1.92. The fourth-order valence-corrected chi connectivity index (χ4v) is 3.40. The summed E-state index contributed by atoms with van der Waals surface area (Å²) in [6.07, 6.45) is 1.15. The van der Waals surface area contributed by atoms with Gasteiger partial charge in [0.15, 0.2) is 0 Å². The van der Waals surface area contributed by atoms with Gasteiger partial charge in [-0.25, -0.2) is 4.79 Å². The van der Waals surface area contributed by atoms with E-state index in [1.807, 2.05) is 81.4 Å². The molecule has 0 aliphatic carbocycles. The number of carboxylic acid groups (broad SMARTS) is 1. The number of nitrogens with one attached hydrogen (secondary N) is 2. The zero-order chi connectivity index (χ0) is 22.8. The molecular weight excluding hydrogens is 392 g/mol. The molecule has 0 radical (unpaired) electrons. The number of carbonyl (C=O) groups excluding carboxylic acids is 2. The summed E-state index contributed by atoms with van der Waals surface area (Å²) in [5.74, 6) is -2.04. The van der Waals surface area contributed by atoms with Gasteiger partial charge in [0, 0.05) is 12.3 Å². The molecular formula is C25H32N2O4. The molecule has 6 heteroatoms. The third-order valence-corrected chi connectivity index (χ3v) is 5.07. The van der Waals surface area contributed by atoms with Crippen LogP contribution < -0.4 is 10.6 Å². The van der Waals surface area contributed by atoms with Crippen molar-refractivity contribution in [2.24, 2.45) is 11.8 Å². The van der Waals surface area contributed by atoms with Gasteiger partial charge in [-0.05, 0) is 29.9 Å². The summed E-state index contributed by atoms with van der Waals surface area (Å²) < 4.78 is 0. The molecule has 0 spiro atoms. The van der Waals surface area contributed by atoms with Gasteiger partial charge in [0.1, 0.15) is 12.1 Å². The normalized spacial score (nSPS) is 13.8. The van der Waals surface area contributed by atoms with E-state index in [-0.39, 0.29) is 24.2 Å². The third kappa shape index (κ3) is 8.24. The molecule has 0 aromatic heterocycles. The van der Waals surface area contributed by atoms with E-state index in [9.17, 15) is 19.5 Å². The van der Waals surface area contributed by atoms with Crippen molar-refractivity contribution in [3.8, 4) is 0 Å². The number of rotatable bonds is 11. The number of benzene rings is 2. The first-order chi connectivity index (χ1) is 14.8. The second-order valence-electron chi connectivity index (χ2n) is 8.37. The molecule has 166 valence electrons. The van der Waals surface area contributed by atoms with Crippen LogP contribution in [0.25, 0.3) is 0 Å². The molecule has 2 amide bonds. The van der Waals surface area contributed by atoms with Crippen LogP contribution in [-0.2, 0) is 27.2 Å². The van der Waals surface area contributed by atoms with Crippen LogP contribution >= 0.6 is 0 Å². The molecule has 3 atom stereocenters. The third-order valence-electron chi connectivity index (χ3n) is 5.07. The summed E-state index contributed by atoms with van der Waals surface area (Å²) in [6.45, 7) is 5.62. The number of amides is 2. The van der Waals surface area contributed by atoms with E-state index < -0.39 is 24.0 Å². The first-order valence-electron chi connectivity index (χ1n) is 10.7. The Labute approximate surface area is 184 Å². The van der Waals surface area contributed by atoms with Gasteiger partial charge >= 0.3 is 5.97 Å². The number of hydrogen-bond acceptors (Lipinski definition) is 3. The molecule has 0 saturated heterocycles. The summed E-state index contributed by atoms with van der Waals surface area (Å²) in [4.78, 5) is 37.4. The van der Waals surface area contributed by atoms with E-state index in [1.54, 1.807) is 0 Å². The lowest BCUT2D eigenvalue weighted by atomic mass is 9.98. The zero-order valence-corrected chi connectivity index (χ0v) is 18.4. The van der Waals surface area contributed by atoms with Gasteiger partial charge in [-0.2, -0.15) is 0 Å². The highest BCUT2D eigenvalue weighted by molar-refractivity contribution is 5.91. The molecule has 0 heterocycles. The van der Waals surface area contributed by atoms with Crippen molar-refractivity contribution in [1.29, 1.82) is 0 Å². The number of aliphatic carboxylic acids is 1. The highest BCUT2D eigenvalue weighted by atomic mass is 16.4. The Morgan fingerprint density at radius 3 is 1.71 bits per heavy atom. The summed E-state index contributed by atoms with van der Waals surface area (Å²) >= 11 is 0. The van der Waals surface area contributed by atoms with Crippen LogP contribution in [0.2, 0.25) is 0 Å². The highest BCUT2D eigenvalue weighted by Gasteiger charge is 2.28. The first kappa shape index (κ1) is 24.1. The van der Waals surface area contributed by atoms with Crippen LogP contribution in [-0.4, -0.2) is 35.0 Å².